The topological polar surface area (TPSA) is 75.3 Å². The van der Waals surface area contributed by atoms with Gasteiger partial charge in [-0.25, -0.2) is 9.18 Å². The molecule has 0 fully saturated rings. The molecule has 1 heterocycles. The quantitative estimate of drug-likeness (QED) is 0.747. The van der Waals surface area contributed by atoms with Crippen LogP contribution in [0.4, 0.5) is 15.8 Å². The monoisotopic (exact) mass is 308 g/mol. The van der Waals surface area contributed by atoms with E-state index in [1.54, 1.807) is 11.3 Å². The third-order valence-corrected chi connectivity index (χ3v) is 4.27. The van der Waals surface area contributed by atoms with E-state index in [4.69, 9.17) is 10.8 Å². The van der Waals surface area contributed by atoms with Crippen molar-refractivity contribution in [3.8, 4) is 0 Å². The van der Waals surface area contributed by atoms with Crippen molar-refractivity contribution < 1.29 is 14.3 Å². The van der Waals surface area contributed by atoms with Gasteiger partial charge in [-0.05, 0) is 44.5 Å². The van der Waals surface area contributed by atoms with E-state index in [0.29, 0.717) is 5.69 Å². The molecule has 1 atom stereocenters. The van der Waals surface area contributed by atoms with Gasteiger partial charge in [-0.1, -0.05) is 0 Å². The molecule has 0 aliphatic heterocycles. The summed E-state index contributed by atoms with van der Waals surface area (Å²) in [4.78, 5) is 13.3. The van der Waals surface area contributed by atoms with Gasteiger partial charge in [0.1, 0.15) is 5.82 Å². The van der Waals surface area contributed by atoms with E-state index in [0.717, 1.165) is 17.7 Å². The van der Waals surface area contributed by atoms with Crippen LogP contribution in [0, 0.1) is 19.7 Å². The molecule has 112 valence electrons. The second-order valence-electron chi connectivity index (χ2n) is 4.96. The SMILES string of the molecule is Cc1cc(C(C)Nc2cc(F)c(C(=O)O)cc2N)c(C)s1. The number of rotatable bonds is 4. The van der Waals surface area contributed by atoms with Crippen molar-refractivity contribution in [1.29, 1.82) is 0 Å². The molecule has 1 unspecified atom stereocenters. The van der Waals surface area contributed by atoms with Gasteiger partial charge in [0.05, 0.1) is 16.9 Å². The standard InChI is InChI=1S/C15H17FN2O2S/c1-7-4-10(9(3)21-7)8(2)18-14-6-12(16)11(15(19)20)5-13(14)17/h4-6,8,18H,17H2,1-3H3,(H,19,20). The van der Waals surface area contributed by atoms with E-state index in [1.807, 2.05) is 20.8 Å². The molecule has 6 heteroatoms. The number of aryl methyl sites for hydroxylation is 2. The first-order valence-electron chi connectivity index (χ1n) is 6.45. The highest BCUT2D eigenvalue weighted by Crippen LogP contribution is 2.31. The normalized spacial score (nSPS) is 12.2. The lowest BCUT2D eigenvalue weighted by molar-refractivity contribution is 0.0692. The lowest BCUT2D eigenvalue weighted by Gasteiger charge is -2.17. The molecule has 1 aromatic carbocycles. The molecular weight excluding hydrogens is 291 g/mol. The smallest absolute Gasteiger partial charge is 0.338 e. The maximum absolute atomic E-state index is 13.7. The van der Waals surface area contributed by atoms with Crippen LogP contribution in [0.25, 0.3) is 0 Å². The Kier molecular flexibility index (Phi) is 4.18. The summed E-state index contributed by atoms with van der Waals surface area (Å²) in [5, 5.41) is 12.0. The fourth-order valence-electron chi connectivity index (χ4n) is 2.27. The number of aromatic carboxylic acids is 1. The first kappa shape index (κ1) is 15.3. The van der Waals surface area contributed by atoms with Crippen LogP contribution in [-0.4, -0.2) is 11.1 Å². The van der Waals surface area contributed by atoms with E-state index in [-0.39, 0.29) is 11.7 Å². The van der Waals surface area contributed by atoms with Crippen molar-refractivity contribution in [1.82, 2.24) is 0 Å². The molecule has 2 rings (SSSR count). The van der Waals surface area contributed by atoms with Gasteiger partial charge in [-0.2, -0.15) is 0 Å². The van der Waals surface area contributed by atoms with Gasteiger partial charge >= 0.3 is 5.97 Å². The summed E-state index contributed by atoms with van der Waals surface area (Å²) in [6.45, 7) is 6.02. The number of hydrogen-bond acceptors (Lipinski definition) is 4. The summed E-state index contributed by atoms with van der Waals surface area (Å²) < 4.78 is 13.7. The van der Waals surface area contributed by atoms with Crippen LogP contribution in [0.15, 0.2) is 18.2 Å². The Morgan fingerprint density at radius 1 is 1.38 bits per heavy atom. The Hall–Kier alpha value is -2.08. The molecule has 4 N–H and O–H groups in total. The number of carbonyl (C=O) groups is 1. The molecule has 2 aromatic rings. The molecule has 0 saturated carbocycles. The Labute approximate surface area is 126 Å². The number of thiophene rings is 1. The van der Waals surface area contributed by atoms with Crippen LogP contribution >= 0.6 is 11.3 Å². The lowest BCUT2D eigenvalue weighted by Crippen LogP contribution is -2.10. The lowest BCUT2D eigenvalue weighted by atomic mass is 10.1. The number of nitrogen functional groups attached to an aromatic ring is 1. The first-order valence-corrected chi connectivity index (χ1v) is 7.27. The minimum atomic E-state index is -1.33. The van der Waals surface area contributed by atoms with Gasteiger partial charge < -0.3 is 16.2 Å². The zero-order valence-electron chi connectivity index (χ0n) is 12.0. The summed E-state index contributed by atoms with van der Waals surface area (Å²) >= 11 is 1.70. The fraction of sp³-hybridized carbons (Fsp3) is 0.267. The molecule has 0 saturated heterocycles. The van der Waals surface area contributed by atoms with Gasteiger partial charge in [0.25, 0.3) is 0 Å². The van der Waals surface area contributed by atoms with Crippen molar-refractivity contribution in [2.45, 2.75) is 26.8 Å². The maximum atomic E-state index is 13.7. The number of anilines is 2. The Balaban J connectivity index is 2.29. The summed E-state index contributed by atoms with van der Waals surface area (Å²) in [5.41, 5.74) is 7.12. The average molecular weight is 308 g/mol. The third kappa shape index (κ3) is 3.16. The first-order chi connectivity index (χ1) is 9.79. The molecule has 0 amide bonds. The van der Waals surface area contributed by atoms with Crippen molar-refractivity contribution in [2.24, 2.45) is 0 Å². The highest BCUT2D eigenvalue weighted by Gasteiger charge is 2.16. The van der Waals surface area contributed by atoms with Gasteiger partial charge in [0.2, 0.25) is 0 Å². The molecule has 0 aliphatic rings. The molecule has 0 bridgehead atoms. The van der Waals surface area contributed by atoms with E-state index in [9.17, 15) is 9.18 Å². The summed E-state index contributed by atoms with van der Waals surface area (Å²) in [6, 6.07) is 4.30. The Morgan fingerprint density at radius 2 is 2.05 bits per heavy atom. The van der Waals surface area contributed by atoms with Crippen LogP contribution in [0.3, 0.4) is 0 Å². The fourth-order valence-corrected chi connectivity index (χ4v) is 3.29. The van der Waals surface area contributed by atoms with E-state index < -0.39 is 17.3 Å². The van der Waals surface area contributed by atoms with Gasteiger partial charge in [-0.15, -0.1) is 11.3 Å². The van der Waals surface area contributed by atoms with Crippen molar-refractivity contribution in [2.75, 3.05) is 11.1 Å². The third-order valence-electron chi connectivity index (χ3n) is 3.29. The number of nitrogens with one attached hydrogen (secondary N) is 1. The summed E-state index contributed by atoms with van der Waals surface area (Å²) in [5.74, 6) is -2.13. The number of halogens is 1. The van der Waals surface area contributed by atoms with Crippen LogP contribution in [0.5, 0.6) is 0 Å². The highest BCUT2D eigenvalue weighted by atomic mass is 32.1. The Morgan fingerprint density at radius 3 is 2.57 bits per heavy atom. The van der Waals surface area contributed by atoms with E-state index >= 15 is 0 Å². The minimum absolute atomic E-state index is 0.0488. The van der Waals surface area contributed by atoms with E-state index in [2.05, 4.69) is 11.4 Å². The predicted octanol–water partition coefficient (Wildman–Crippen LogP) is 3.96. The number of benzene rings is 1. The number of hydrogen-bond donors (Lipinski definition) is 3. The molecule has 0 aliphatic carbocycles. The van der Waals surface area contributed by atoms with Crippen molar-refractivity contribution in [3.05, 3.63) is 44.9 Å². The molecular formula is C15H17FN2O2S. The number of carboxylic acid groups (broad SMARTS) is 1. The van der Waals surface area contributed by atoms with Crippen LogP contribution in [0.1, 0.15) is 38.6 Å². The zero-order chi connectivity index (χ0) is 15.7. The van der Waals surface area contributed by atoms with Gasteiger partial charge in [0, 0.05) is 15.8 Å². The molecule has 1 aromatic heterocycles. The predicted molar refractivity (Wildman–Crippen MR) is 83.6 cm³/mol. The zero-order valence-corrected chi connectivity index (χ0v) is 12.8. The number of nitrogens with two attached hydrogens (primary N) is 1. The highest BCUT2D eigenvalue weighted by molar-refractivity contribution is 7.12. The average Bonchev–Trinajstić information content (AvgIpc) is 2.72. The van der Waals surface area contributed by atoms with Crippen LogP contribution in [-0.2, 0) is 0 Å². The van der Waals surface area contributed by atoms with Gasteiger partial charge in [-0.3, -0.25) is 0 Å². The second kappa shape index (κ2) is 5.73. The number of carboxylic acids is 1. The minimum Gasteiger partial charge on any atom is -0.478 e. The molecule has 4 nitrogen and oxygen atoms in total. The summed E-state index contributed by atoms with van der Waals surface area (Å²) in [7, 11) is 0. The summed E-state index contributed by atoms with van der Waals surface area (Å²) in [6.07, 6.45) is 0. The van der Waals surface area contributed by atoms with Crippen LogP contribution in [0.2, 0.25) is 0 Å². The van der Waals surface area contributed by atoms with E-state index in [1.165, 1.54) is 9.75 Å². The molecule has 0 radical (unpaired) electrons. The maximum Gasteiger partial charge on any atom is 0.338 e. The van der Waals surface area contributed by atoms with Crippen LogP contribution < -0.4 is 11.1 Å². The van der Waals surface area contributed by atoms with Crippen molar-refractivity contribution in [3.63, 3.8) is 0 Å². The van der Waals surface area contributed by atoms with Gasteiger partial charge in [0.15, 0.2) is 0 Å². The van der Waals surface area contributed by atoms with Crippen molar-refractivity contribution >= 4 is 28.7 Å². The Bertz CT molecular complexity index is 697. The second-order valence-corrected chi connectivity index (χ2v) is 6.42. The largest absolute Gasteiger partial charge is 0.478 e. The molecule has 0 spiro atoms. The molecule has 21 heavy (non-hydrogen) atoms.